The molecular formula is C13H21N3O4. The number of rotatable bonds is 5. The van der Waals surface area contributed by atoms with Crippen LogP contribution in [0.25, 0.3) is 0 Å². The topological polar surface area (TPSA) is 93.5 Å². The number of aromatic nitrogens is 2. The van der Waals surface area contributed by atoms with Gasteiger partial charge in [-0.05, 0) is 12.8 Å². The summed E-state index contributed by atoms with van der Waals surface area (Å²) >= 11 is 0. The Balaban J connectivity index is 0.000000956. The molecule has 1 aromatic heterocycles. The molecule has 2 rings (SSSR count). The summed E-state index contributed by atoms with van der Waals surface area (Å²) in [5.74, 6) is -0.333. The third kappa shape index (κ3) is 4.65. The third-order valence-corrected chi connectivity index (χ3v) is 2.75. The van der Waals surface area contributed by atoms with Crippen molar-refractivity contribution in [3.05, 3.63) is 22.2 Å². The molecule has 2 heterocycles. The molecule has 0 saturated carbocycles. The first-order chi connectivity index (χ1) is 9.66. The van der Waals surface area contributed by atoms with E-state index < -0.39 is 5.97 Å². The van der Waals surface area contributed by atoms with Crippen molar-refractivity contribution in [2.75, 3.05) is 12.1 Å². The zero-order valence-corrected chi connectivity index (χ0v) is 11.9. The molecule has 1 aliphatic heterocycles. The Morgan fingerprint density at radius 1 is 1.50 bits per heavy atom. The highest BCUT2D eigenvalue weighted by atomic mass is 16.6. The first-order valence-electron chi connectivity index (χ1n) is 6.87. The molecular weight excluding hydrogens is 262 g/mol. The minimum atomic E-state index is -0.813. The smallest absolute Gasteiger partial charge is 0.349 e. The standard InChI is InChI=1S/C11H15N3O4.C2H6/c15-9(16)3-1-2-5-14-7-8-4-6-18-13-10(8)12-11(14)17;1-2/h7H,1-6H2,(H,15,16)(H,12,13,17);1-2H3. The fraction of sp³-hybridized carbons (Fsp3) is 0.615. The number of unbranched alkanes of at least 4 members (excludes halogenated alkanes) is 1. The Kier molecular flexibility index (Phi) is 6.72. The van der Waals surface area contributed by atoms with Crippen molar-refractivity contribution in [2.24, 2.45) is 0 Å². The Bertz CT molecular complexity index is 499. The zero-order chi connectivity index (χ0) is 15.0. The molecule has 1 aliphatic rings. The fourth-order valence-electron chi connectivity index (χ4n) is 1.81. The highest BCUT2D eigenvalue weighted by Crippen LogP contribution is 2.15. The summed E-state index contributed by atoms with van der Waals surface area (Å²) in [5.41, 5.74) is 3.21. The summed E-state index contributed by atoms with van der Waals surface area (Å²) in [7, 11) is 0. The van der Waals surface area contributed by atoms with Crippen LogP contribution in [0.15, 0.2) is 11.0 Å². The predicted molar refractivity (Wildman–Crippen MR) is 74.6 cm³/mol. The van der Waals surface area contributed by atoms with Crippen molar-refractivity contribution in [3.63, 3.8) is 0 Å². The van der Waals surface area contributed by atoms with Gasteiger partial charge in [0.05, 0.1) is 6.61 Å². The molecule has 7 nitrogen and oxygen atoms in total. The second kappa shape index (κ2) is 8.31. The second-order valence-electron chi connectivity index (χ2n) is 4.14. The number of carbonyl (C=O) groups is 1. The number of aliphatic carboxylic acids is 1. The summed E-state index contributed by atoms with van der Waals surface area (Å²) in [6, 6.07) is 0. The number of hydrogen-bond donors (Lipinski definition) is 2. The van der Waals surface area contributed by atoms with Crippen LogP contribution in [0.5, 0.6) is 0 Å². The van der Waals surface area contributed by atoms with Crippen LogP contribution in [0.3, 0.4) is 0 Å². The average molecular weight is 283 g/mol. The number of hydrogen-bond acceptors (Lipinski definition) is 5. The van der Waals surface area contributed by atoms with E-state index in [-0.39, 0.29) is 12.1 Å². The Morgan fingerprint density at radius 3 is 2.95 bits per heavy atom. The van der Waals surface area contributed by atoms with Crippen LogP contribution < -0.4 is 11.2 Å². The van der Waals surface area contributed by atoms with E-state index in [9.17, 15) is 9.59 Å². The van der Waals surface area contributed by atoms with Crippen LogP contribution in [-0.4, -0.2) is 27.2 Å². The van der Waals surface area contributed by atoms with Gasteiger partial charge >= 0.3 is 11.7 Å². The maximum absolute atomic E-state index is 11.7. The van der Waals surface area contributed by atoms with E-state index in [0.29, 0.717) is 38.2 Å². The van der Waals surface area contributed by atoms with Crippen LogP contribution in [0.4, 0.5) is 5.82 Å². The van der Waals surface area contributed by atoms with Crippen LogP contribution in [0.1, 0.15) is 38.7 Å². The SMILES string of the molecule is CC.O=C(O)CCCCn1cc2c(nc1=O)NOCC2. The predicted octanol–water partition coefficient (Wildman–Crippen LogP) is 1.42. The van der Waals surface area contributed by atoms with Gasteiger partial charge in [0.2, 0.25) is 0 Å². The monoisotopic (exact) mass is 283 g/mol. The van der Waals surface area contributed by atoms with Crippen molar-refractivity contribution in [1.29, 1.82) is 0 Å². The van der Waals surface area contributed by atoms with E-state index in [4.69, 9.17) is 9.94 Å². The molecule has 0 atom stereocenters. The van der Waals surface area contributed by atoms with Gasteiger partial charge in [0.25, 0.3) is 0 Å². The molecule has 0 bridgehead atoms. The van der Waals surface area contributed by atoms with E-state index in [2.05, 4.69) is 10.5 Å². The van der Waals surface area contributed by atoms with Crippen LogP contribution >= 0.6 is 0 Å². The van der Waals surface area contributed by atoms with E-state index in [1.165, 1.54) is 4.57 Å². The molecule has 7 heteroatoms. The molecule has 0 fully saturated rings. The summed E-state index contributed by atoms with van der Waals surface area (Å²) in [5, 5.41) is 8.52. The first-order valence-corrected chi connectivity index (χ1v) is 6.87. The second-order valence-corrected chi connectivity index (χ2v) is 4.14. The highest BCUT2D eigenvalue weighted by Gasteiger charge is 2.12. The molecule has 0 aliphatic carbocycles. The quantitative estimate of drug-likeness (QED) is 0.794. The zero-order valence-electron chi connectivity index (χ0n) is 11.9. The number of anilines is 1. The van der Waals surface area contributed by atoms with Gasteiger partial charge in [0.1, 0.15) is 0 Å². The lowest BCUT2D eigenvalue weighted by atomic mass is 10.2. The number of carboxylic acids is 1. The van der Waals surface area contributed by atoms with Gasteiger partial charge in [0.15, 0.2) is 5.82 Å². The van der Waals surface area contributed by atoms with Crippen molar-refractivity contribution in [1.82, 2.24) is 9.55 Å². The van der Waals surface area contributed by atoms with E-state index >= 15 is 0 Å². The first kappa shape index (κ1) is 16.2. The Labute approximate surface area is 117 Å². The third-order valence-electron chi connectivity index (χ3n) is 2.75. The van der Waals surface area contributed by atoms with Gasteiger partial charge in [-0.3, -0.25) is 14.2 Å². The lowest BCUT2D eigenvalue weighted by molar-refractivity contribution is -0.137. The normalized spacial score (nSPS) is 12.7. The van der Waals surface area contributed by atoms with Gasteiger partial charge in [-0.15, -0.1) is 0 Å². The minimum absolute atomic E-state index is 0.127. The van der Waals surface area contributed by atoms with Crippen molar-refractivity contribution < 1.29 is 14.7 Å². The minimum Gasteiger partial charge on any atom is -0.481 e. The summed E-state index contributed by atoms with van der Waals surface area (Å²) in [4.78, 5) is 30.9. The molecule has 20 heavy (non-hydrogen) atoms. The van der Waals surface area contributed by atoms with Crippen LogP contribution in [-0.2, 0) is 22.6 Å². The number of nitrogens with one attached hydrogen (secondary N) is 1. The van der Waals surface area contributed by atoms with E-state index in [1.807, 2.05) is 13.8 Å². The van der Waals surface area contributed by atoms with Crippen molar-refractivity contribution >= 4 is 11.8 Å². The molecule has 0 aromatic carbocycles. The van der Waals surface area contributed by atoms with E-state index in [1.54, 1.807) is 6.20 Å². The molecule has 0 radical (unpaired) electrons. The molecule has 0 amide bonds. The lowest BCUT2D eigenvalue weighted by Crippen LogP contribution is -2.28. The highest BCUT2D eigenvalue weighted by molar-refractivity contribution is 5.66. The summed E-state index contributed by atoms with van der Waals surface area (Å²) < 4.78 is 1.52. The number of fused-ring (bicyclic) bond motifs is 1. The van der Waals surface area contributed by atoms with E-state index in [0.717, 1.165) is 5.56 Å². The van der Waals surface area contributed by atoms with Gasteiger partial charge in [-0.25, -0.2) is 10.3 Å². The number of aryl methyl sites for hydroxylation is 1. The van der Waals surface area contributed by atoms with Crippen LogP contribution in [0.2, 0.25) is 0 Å². The molecule has 0 saturated heterocycles. The van der Waals surface area contributed by atoms with Gasteiger partial charge < -0.3 is 5.11 Å². The van der Waals surface area contributed by atoms with Gasteiger partial charge in [0, 0.05) is 31.1 Å². The summed E-state index contributed by atoms with van der Waals surface area (Å²) in [6.45, 7) is 5.04. The fourth-order valence-corrected chi connectivity index (χ4v) is 1.81. The molecule has 112 valence electrons. The lowest BCUT2D eigenvalue weighted by Gasteiger charge is -2.17. The molecule has 1 aromatic rings. The van der Waals surface area contributed by atoms with Crippen molar-refractivity contribution in [3.8, 4) is 0 Å². The average Bonchev–Trinajstić information content (AvgIpc) is 2.46. The molecule has 0 unspecified atom stereocenters. The van der Waals surface area contributed by atoms with Crippen molar-refractivity contribution in [2.45, 2.75) is 46.1 Å². The largest absolute Gasteiger partial charge is 0.481 e. The Hall–Kier alpha value is -1.89. The maximum Gasteiger partial charge on any atom is 0.349 e. The number of carboxylic acid groups (broad SMARTS) is 1. The Morgan fingerprint density at radius 2 is 2.25 bits per heavy atom. The maximum atomic E-state index is 11.7. The van der Waals surface area contributed by atoms with Gasteiger partial charge in [-0.2, -0.15) is 4.98 Å². The van der Waals surface area contributed by atoms with Gasteiger partial charge in [-0.1, -0.05) is 13.8 Å². The molecule has 0 spiro atoms. The number of nitrogens with zero attached hydrogens (tertiary/aromatic N) is 2. The molecule has 2 N–H and O–H groups in total. The summed E-state index contributed by atoms with van der Waals surface area (Å²) in [6.07, 6.45) is 3.81. The van der Waals surface area contributed by atoms with Crippen LogP contribution in [0, 0.1) is 0 Å².